The van der Waals surface area contributed by atoms with Gasteiger partial charge >= 0.3 is 0 Å². The van der Waals surface area contributed by atoms with Crippen LogP contribution in [0.4, 0.5) is 0 Å². The standard InChI is InChI=1S/C12H17ClN2O/c1-3-5-6-8-16-12-10(7-4-2)11(13)14-9-15-12/h3,9H,1,4-8H2,2H3. The quantitative estimate of drug-likeness (QED) is 0.416. The van der Waals surface area contributed by atoms with Crippen LogP contribution >= 0.6 is 11.6 Å². The van der Waals surface area contributed by atoms with Gasteiger partial charge in [-0.15, -0.1) is 6.58 Å². The summed E-state index contributed by atoms with van der Waals surface area (Å²) in [5.74, 6) is 0.617. The van der Waals surface area contributed by atoms with Crippen LogP contribution in [0, 0.1) is 0 Å². The van der Waals surface area contributed by atoms with Crippen molar-refractivity contribution in [2.75, 3.05) is 6.61 Å². The van der Waals surface area contributed by atoms with Gasteiger partial charge in [-0.3, -0.25) is 0 Å². The molecule has 0 fully saturated rings. The number of rotatable bonds is 7. The third-order valence-corrected chi connectivity index (χ3v) is 2.47. The molecule has 0 saturated carbocycles. The Morgan fingerprint density at radius 1 is 1.50 bits per heavy atom. The Hall–Kier alpha value is -1.09. The molecule has 0 saturated heterocycles. The zero-order valence-corrected chi connectivity index (χ0v) is 10.3. The molecule has 1 aromatic rings. The molecule has 0 aliphatic heterocycles. The summed E-state index contributed by atoms with van der Waals surface area (Å²) in [6.45, 7) is 6.39. The second-order valence-corrected chi connectivity index (χ2v) is 3.84. The fourth-order valence-electron chi connectivity index (χ4n) is 1.36. The molecular formula is C12H17ClN2O. The lowest BCUT2D eigenvalue weighted by Crippen LogP contribution is -2.03. The molecule has 0 radical (unpaired) electrons. The van der Waals surface area contributed by atoms with E-state index in [2.05, 4.69) is 23.5 Å². The summed E-state index contributed by atoms with van der Waals surface area (Å²) in [7, 11) is 0. The van der Waals surface area contributed by atoms with E-state index >= 15 is 0 Å². The summed E-state index contributed by atoms with van der Waals surface area (Å²) in [5.41, 5.74) is 0.908. The minimum Gasteiger partial charge on any atom is -0.477 e. The molecule has 1 rings (SSSR count). The number of halogens is 1. The molecule has 0 N–H and O–H groups in total. The minimum atomic E-state index is 0.496. The number of unbranched alkanes of at least 4 members (excludes halogenated alkanes) is 1. The molecule has 0 atom stereocenters. The lowest BCUT2D eigenvalue weighted by atomic mass is 10.2. The van der Waals surface area contributed by atoms with E-state index in [9.17, 15) is 0 Å². The van der Waals surface area contributed by atoms with E-state index in [-0.39, 0.29) is 0 Å². The van der Waals surface area contributed by atoms with Crippen LogP contribution in [0.2, 0.25) is 5.15 Å². The molecule has 1 aromatic heterocycles. The predicted octanol–water partition coefficient (Wildman–Crippen LogP) is 3.43. The Kier molecular flexibility index (Phi) is 5.86. The molecule has 0 aromatic carbocycles. The zero-order valence-electron chi connectivity index (χ0n) is 9.58. The molecule has 0 spiro atoms. The van der Waals surface area contributed by atoms with Crippen LogP contribution in [0.5, 0.6) is 5.88 Å². The third kappa shape index (κ3) is 3.81. The van der Waals surface area contributed by atoms with Crippen LogP contribution in [-0.2, 0) is 6.42 Å². The van der Waals surface area contributed by atoms with Crippen LogP contribution in [0.25, 0.3) is 0 Å². The molecule has 0 unspecified atom stereocenters. The van der Waals surface area contributed by atoms with E-state index in [1.165, 1.54) is 6.33 Å². The first-order valence-electron chi connectivity index (χ1n) is 5.52. The minimum absolute atomic E-state index is 0.496. The largest absolute Gasteiger partial charge is 0.477 e. The van der Waals surface area contributed by atoms with Gasteiger partial charge in [0.15, 0.2) is 0 Å². The highest BCUT2D eigenvalue weighted by atomic mass is 35.5. The molecule has 88 valence electrons. The first-order valence-corrected chi connectivity index (χ1v) is 5.90. The molecule has 4 heteroatoms. The average Bonchev–Trinajstić information content (AvgIpc) is 2.29. The van der Waals surface area contributed by atoms with E-state index in [4.69, 9.17) is 16.3 Å². The van der Waals surface area contributed by atoms with Gasteiger partial charge in [-0.1, -0.05) is 31.0 Å². The Bertz CT molecular complexity index is 342. The summed E-state index contributed by atoms with van der Waals surface area (Å²) in [6, 6.07) is 0. The second kappa shape index (κ2) is 7.23. The van der Waals surface area contributed by atoms with Crippen LogP contribution < -0.4 is 4.74 Å². The van der Waals surface area contributed by atoms with Crippen molar-refractivity contribution in [3.63, 3.8) is 0 Å². The van der Waals surface area contributed by atoms with Gasteiger partial charge in [-0.2, -0.15) is 0 Å². The number of nitrogens with zero attached hydrogens (tertiary/aromatic N) is 2. The Labute approximate surface area is 102 Å². The molecule has 0 amide bonds. The third-order valence-electron chi connectivity index (χ3n) is 2.14. The fraction of sp³-hybridized carbons (Fsp3) is 0.500. The van der Waals surface area contributed by atoms with Crippen molar-refractivity contribution in [1.82, 2.24) is 9.97 Å². The topological polar surface area (TPSA) is 35.0 Å². The maximum atomic E-state index is 6.00. The van der Waals surface area contributed by atoms with Gasteiger partial charge in [0, 0.05) is 0 Å². The monoisotopic (exact) mass is 240 g/mol. The van der Waals surface area contributed by atoms with Gasteiger partial charge in [0.1, 0.15) is 11.5 Å². The normalized spacial score (nSPS) is 10.1. The van der Waals surface area contributed by atoms with Crippen molar-refractivity contribution in [3.05, 3.63) is 29.7 Å². The molecule has 1 heterocycles. The Morgan fingerprint density at radius 3 is 3.00 bits per heavy atom. The summed E-state index contributed by atoms with van der Waals surface area (Å²) < 4.78 is 5.59. The van der Waals surface area contributed by atoms with Crippen molar-refractivity contribution >= 4 is 11.6 Å². The van der Waals surface area contributed by atoms with E-state index < -0.39 is 0 Å². The van der Waals surface area contributed by atoms with Crippen LogP contribution in [-0.4, -0.2) is 16.6 Å². The molecular weight excluding hydrogens is 224 g/mol. The lowest BCUT2D eigenvalue weighted by Gasteiger charge is -2.09. The van der Waals surface area contributed by atoms with Crippen LogP contribution in [0.3, 0.4) is 0 Å². The van der Waals surface area contributed by atoms with E-state index in [1.54, 1.807) is 0 Å². The summed E-state index contributed by atoms with van der Waals surface area (Å²) in [6.07, 6.45) is 7.04. The zero-order chi connectivity index (χ0) is 11.8. The number of ether oxygens (including phenoxy) is 1. The van der Waals surface area contributed by atoms with E-state index in [0.29, 0.717) is 17.6 Å². The highest BCUT2D eigenvalue weighted by Crippen LogP contribution is 2.23. The predicted molar refractivity (Wildman–Crippen MR) is 66.0 cm³/mol. The van der Waals surface area contributed by atoms with Crippen molar-refractivity contribution in [3.8, 4) is 5.88 Å². The van der Waals surface area contributed by atoms with Crippen LogP contribution in [0.15, 0.2) is 19.0 Å². The Morgan fingerprint density at radius 2 is 2.31 bits per heavy atom. The molecule has 0 aliphatic carbocycles. The number of hydrogen-bond acceptors (Lipinski definition) is 3. The fourth-order valence-corrected chi connectivity index (χ4v) is 1.58. The summed E-state index contributed by atoms with van der Waals surface area (Å²) in [5, 5.41) is 0.496. The van der Waals surface area contributed by atoms with Crippen LogP contribution in [0.1, 0.15) is 31.7 Å². The molecule has 0 bridgehead atoms. The van der Waals surface area contributed by atoms with Crippen molar-refractivity contribution in [2.45, 2.75) is 32.6 Å². The first-order chi connectivity index (χ1) is 7.79. The van der Waals surface area contributed by atoms with Gasteiger partial charge in [0.05, 0.1) is 12.2 Å². The highest BCUT2D eigenvalue weighted by Gasteiger charge is 2.09. The maximum Gasteiger partial charge on any atom is 0.221 e. The van der Waals surface area contributed by atoms with E-state index in [1.807, 2.05) is 6.08 Å². The molecule has 16 heavy (non-hydrogen) atoms. The van der Waals surface area contributed by atoms with Gasteiger partial charge in [0.25, 0.3) is 0 Å². The van der Waals surface area contributed by atoms with Crippen molar-refractivity contribution < 1.29 is 4.74 Å². The van der Waals surface area contributed by atoms with Gasteiger partial charge in [-0.25, -0.2) is 9.97 Å². The van der Waals surface area contributed by atoms with Crippen molar-refractivity contribution in [1.29, 1.82) is 0 Å². The highest BCUT2D eigenvalue weighted by molar-refractivity contribution is 6.30. The Balaban J connectivity index is 2.63. The van der Waals surface area contributed by atoms with Gasteiger partial charge in [0.2, 0.25) is 5.88 Å². The smallest absolute Gasteiger partial charge is 0.221 e. The van der Waals surface area contributed by atoms with E-state index in [0.717, 1.165) is 31.2 Å². The number of aromatic nitrogens is 2. The SMILES string of the molecule is C=CCCCOc1ncnc(Cl)c1CCC. The second-order valence-electron chi connectivity index (χ2n) is 3.48. The summed E-state index contributed by atoms with van der Waals surface area (Å²) >= 11 is 6.00. The lowest BCUT2D eigenvalue weighted by molar-refractivity contribution is 0.296. The molecule has 3 nitrogen and oxygen atoms in total. The number of hydrogen-bond donors (Lipinski definition) is 0. The first kappa shape index (κ1) is 13.0. The van der Waals surface area contributed by atoms with Gasteiger partial charge in [-0.05, 0) is 19.3 Å². The maximum absolute atomic E-state index is 6.00. The number of allylic oxidation sites excluding steroid dienone is 1. The summed E-state index contributed by atoms with van der Waals surface area (Å²) in [4.78, 5) is 8.07. The molecule has 0 aliphatic rings. The van der Waals surface area contributed by atoms with Gasteiger partial charge < -0.3 is 4.74 Å². The average molecular weight is 241 g/mol. The van der Waals surface area contributed by atoms with Crippen molar-refractivity contribution in [2.24, 2.45) is 0 Å².